The summed E-state index contributed by atoms with van der Waals surface area (Å²) in [5.74, 6) is 8.03. The number of ether oxygens (including phenoxy) is 4. The Morgan fingerprint density at radius 1 is 0.783 bits per heavy atom. The fraction of sp³-hybridized carbons (Fsp3) is 0.556. The quantitative estimate of drug-likeness (QED) is 0.589. The number of aliphatic hydroxyl groups excluding tert-OH is 1. The second-order valence-electron chi connectivity index (χ2n) is 4.96. The van der Waals surface area contributed by atoms with E-state index in [2.05, 4.69) is 11.8 Å². The normalized spacial score (nSPS) is 9.83. The summed E-state index contributed by atoms with van der Waals surface area (Å²) in [6, 6.07) is 0. The molecule has 0 bridgehead atoms. The van der Waals surface area contributed by atoms with Gasteiger partial charge >= 0.3 is 0 Å². The minimum atomic E-state index is -0.0835. The van der Waals surface area contributed by atoms with Crippen LogP contribution in [0.4, 0.5) is 0 Å². The highest BCUT2D eigenvalue weighted by Crippen LogP contribution is 2.49. The van der Waals surface area contributed by atoms with E-state index in [1.807, 2.05) is 6.92 Å². The van der Waals surface area contributed by atoms with Gasteiger partial charge in [-0.15, -0.1) is 5.92 Å². The molecule has 1 rings (SSSR count). The summed E-state index contributed by atoms with van der Waals surface area (Å²) in [5.41, 5.74) is 2.04. The molecule has 1 aromatic carbocycles. The lowest BCUT2D eigenvalue weighted by Crippen LogP contribution is -2.05. The average molecular weight is 322 g/mol. The van der Waals surface area contributed by atoms with E-state index in [4.69, 9.17) is 24.1 Å². The molecule has 0 saturated carbocycles. The van der Waals surface area contributed by atoms with Crippen LogP contribution >= 0.6 is 0 Å². The van der Waals surface area contributed by atoms with Gasteiger partial charge in [-0.1, -0.05) is 5.92 Å². The molecule has 0 aromatic heterocycles. The predicted molar refractivity (Wildman–Crippen MR) is 89.8 cm³/mol. The highest BCUT2D eigenvalue weighted by molar-refractivity contribution is 5.66. The van der Waals surface area contributed by atoms with E-state index < -0.39 is 0 Å². The van der Waals surface area contributed by atoms with Gasteiger partial charge in [0.1, 0.15) is 6.61 Å². The SMILES string of the molecule is COc1c(C)c(CCCCC#CCO)c(OC)c(OC)c1OC. The number of hydrogen-bond acceptors (Lipinski definition) is 5. The van der Waals surface area contributed by atoms with Crippen LogP contribution in [0.5, 0.6) is 23.0 Å². The summed E-state index contributed by atoms with van der Waals surface area (Å²) in [6.07, 6.45) is 3.50. The minimum Gasteiger partial charge on any atom is -0.492 e. The highest BCUT2D eigenvalue weighted by atomic mass is 16.5. The first-order valence-electron chi connectivity index (χ1n) is 7.58. The molecular weight excluding hydrogens is 296 g/mol. The molecule has 23 heavy (non-hydrogen) atoms. The van der Waals surface area contributed by atoms with E-state index in [1.165, 1.54) is 0 Å². The molecule has 128 valence electrons. The molecule has 0 aliphatic heterocycles. The Bertz CT molecular complexity index is 569. The topological polar surface area (TPSA) is 57.2 Å². The molecule has 0 unspecified atom stereocenters. The van der Waals surface area contributed by atoms with Crippen LogP contribution in [0.3, 0.4) is 0 Å². The Morgan fingerprint density at radius 2 is 1.35 bits per heavy atom. The third kappa shape index (κ3) is 4.46. The van der Waals surface area contributed by atoms with Crippen molar-refractivity contribution in [1.29, 1.82) is 0 Å². The smallest absolute Gasteiger partial charge is 0.207 e. The van der Waals surface area contributed by atoms with Gasteiger partial charge in [-0.2, -0.15) is 0 Å². The summed E-state index contributed by atoms with van der Waals surface area (Å²) < 4.78 is 22.0. The van der Waals surface area contributed by atoms with Crippen molar-refractivity contribution in [3.05, 3.63) is 11.1 Å². The number of hydrogen-bond donors (Lipinski definition) is 1. The Morgan fingerprint density at radius 3 is 1.87 bits per heavy atom. The summed E-state index contributed by atoms with van der Waals surface area (Å²) in [5, 5.41) is 8.64. The number of aliphatic hydroxyl groups is 1. The molecule has 0 aliphatic carbocycles. The maximum absolute atomic E-state index is 8.64. The number of unbranched alkanes of at least 4 members (excludes halogenated alkanes) is 2. The molecule has 0 fully saturated rings. The lowest BCUT2D eigenvalue weighted by atomic mass is 9.98. The molecule has 0 amide bonds. The van der Waals surface area contributed by atoms with Crippen molar-refractivity contribution in [1.82, 2.24) is 0 Å². The van der Waals surface area contributed by atoms with Crippen LogP contribution < -0.4 is 18.9 Å². The van der Waals surface area contributed by atoms with E-state index in [-0.39, 0.29) is 6.61 Å². The molecule has 0 atom stereocenters. The minimum absolute atomic E-state index is 0.0835. The molecule has 0 spiro atoms. The molecule has 1 N–H and O–H groups in total. The number of rotatable bonds is 8. The van der Waals surface area contributed by atoms with Crippen molar-refractivity contribution in [2.75, 3.05) is 35.0 Å². The van der Waals surface area contributed by atoms with Crippen LogP contribution in [0.15, 0.2) is 0 Å². The van der Waals surface area contributed by atoms with E-state index >= 15 is 0 Å². The maximum atomic E-state index is 8.64. The summed E-state index contributed by atoms with van der Waals surface area (Å²) in [6.45, 7) is 1.91. The van der Waals surface area contributed by atoms with E-state index in [0.717, 1.165) is 36.8 Å². The summed E-state index contributed by atoms with van der Waals surface area (Å²) in [4.78, 5) is 0. The molecule has 0 saturated heterocycles. The molecule has 0 aliphatic rings. The van der Waals surface area contributed by atoms with Crippen LogP contribution in [-0.2, 0) is 6.42 Å². The molecule has 5 heteroatoms. The third-order valence-electron chi connectivity index (χ3n) is 3.69. The zero-order valence-corrected chi connectivity index (χ0v) is 14.6. The second kappa shape index (κ2) is 9.86. The fourth-order valence-electron chi connectivity index (χ4n) is 2.61. The number of methoxy groups -OCH3 is 4. The fourth-order valence-corrected chi connectivity index (χ4v) is 2.61. The second-order valence-corrected chi connectivity index (χ2v) is 4.96. The van der Waals surface area contributed by atoms with Crippen molar-refractivity contribution in [2.24, 2.45) is 0 Å². The van der Waals surface area contributed by atoms with Gasteiger partial charge in [0.05, 0.1) is 28.4 Å². The van der Waals surface area contributed by atoms with Crippen molar-refractivity contribution < 1.29 is 24.1 Å². The van der Waals surface area contributed by atoms with Gasteiger partial charge in [0, 0.05) is 17.5 Å². The molecular formula is C18H26O5. The molecule has 0 heterocycles. The van der Waals surface area contributed by atoms with Gasteiger partial charge < -0.3 is 24.1 Å². The zero-order valence-electron chi connectivity index (χ0n) is 14.6. The van der Waals surface area contributed by atoms with Gasteiger partial charge in [-0.25, -0.2) is 0 Å². The van der Waals surface area contributed by atoms with Crippen LogP contribution in [-0.4, -0.2) is 40.2 Å². The first-order valence-corrected chi connectivity index (χ1v) is 7.58. The molecule has 5 nitrogen and oxygen atoms in total. The van der Waals surface area contributed by atoms with Gasteiger partial charge in [0.2, 0.25) is 11.5 Å². The van der Waals surface area contributed by atoms with Crippen molar-refractivity contribution >= 4 is 0 Å². The largest absolute Gasteiger partial charge is 0.492 e. The molecule has 1 aromatic rings. The predicted octanol–water partition coefficient (Wildman–Crippen LogP) is 2.74. The van der Waals surface area contributed by atoms with Gasteiger partial charge in [-0.3, -0.25) is 0 Å². The van der Waals surface area contributed by atoms with Crippen LogP contribution in [0.2, 0.25) is 0 Å². The van der Waals surface area contributed by atoms with Gasteiger partial charge in [0.25, 0.3) is 0 Å². The monoisotopic (exact) mass is 322 g/mol. The van der Waals surface area contributed by atoms with Crippen LogP contribution in [0.25, 0.3) is 0 Å². The van der Waals surface area contributed by atoms with Crippen molar-refractivity contribution in [3.8, 4) is 34.8 Å². The Labute approximate surface area is 138 Å². The van der Waals surface area contributed by atoms with Crippen molar-refractivity contribution in [3.63, 3.8) is 0 Å². The summed E-state index contributed by atoms with van der Waals surface area (Å²) in [7, 11) is 6.41. The lowest BCUT2D eigenvalue weighted by Gasteiger charge is -2.21. The van der Waals surface area contributed by atoms with Gasteiger partial charge in [0.15, 0.2) is 11.5 Å². The van der Waals surface area contributed by atoms with Crippen LogP contribution in [0, 0.1) is 18.8 Å². The number of benzene rings is 1. The Kier molecular flexibility index (Phi) is 8.14. The lowest BCUT2D eigenvalue weighted by molar-refractivity contribution is 0.302. The summed E-state index contributed by atoms with van der Waals surface area (Å²) >= 11 is 0. The first-order chi connectivity index (χ1) is 11.2. The van der Waals surface area contributed by atoms with E-state index in [1.54, 1.807) is 28.4 Å². The van der Waals surface area contributed by atoms with Gasteiger partial charge in [-0.05, 0) is 26.2 Å². The highest BCUT2D eigenvalue weighted by Gasteiger charge is 2.24. The van der Waals surface area contributed by atoms with E-state index in [9.17, 15) is 0 Å². The Balaban J connectivity index is 3.09. The zero-order chi connectivity index (χ0) is 17.2. The molecule has 0 radical (unpaired) electrons. The Hall–Kier alpha value is -2.06. The average Bonchev–Trinajstić information content (AvgIpc) is 2.57. The maximum Gasteiger partial charge on any atom is 0.207 e. The standard InChI is InChI=1S/C18H26O5/c1-13-14(11-9-7-6-8-10-12-19)16(21-3)18(23-5)17(22-4)15(13)20-2/h19H,6-7,9,11-12H2,1-5H3. The van der Waals surface area contributed by atoms with Crippen molar-refractivity contribution in [2.45, 2.75) is 32.6 Å². The van der Waals surface area contributed by atoms with E-state index in [0.29, 0.717) is 23.0 Å². The third-order valence-corrected chi connectivity index (χ3v) is 3.69. The first kappa shape index (κ1) is 19.0. The van der Waals surface area contributed by atoms with Crippen LogP contribution in [0.1, 0.15) is 30.4 Å².